The monoisotopic (exact) mass is 257 g/mol. The summed E-state index contributed by atoms with van der Waals surface area (Å²) in [6, 6.07) is 3.44. The Labute approximate surface area is 102 Å². The fourth-order valence-electron chi connectivity index (χ4n) is 1.44. The van der Waals surface area contributed by atoms with Gasteiger partial charge in [0.25, 0.3) is 0 Å². The van der Waals surface area contributed by atoms with Crippen molar-refractivity contribution < 1.29 is 18.8 Å². The zero-order valence-corrected chi connectivity index (χ0v) is 10.6. The highest BCUT2D eigenvalue weighted by molar-refractivity contribution is 7.85. The third-order valence-electron chi connectivity index (χ3n) is 2.30. The SMILES string of the molecule is CCC(C(=O)O)S(=O)Cc1cccnc1OC. The van der Waals surface area contributed by atoms with Crippen molar-refractivity contribution in [3.8, 4) is 5.88 Å². The predicted octanol–water partition coefficient (Wildman–Crippen LogP) is 1.20. The molecule has 0 aliphatic heterocycles. The zero-order valence-electron chi connectivity index (χ0n) is 9.75. The minimum atomic E-state index is -1.47. The molecule has 2 atom stereocenters. The van der Waals surface area contributed by atoms with Crippen molar-refractivity contribution in [3.05, 3.63) is 23.9 Å². The first-order valence-electron chi connectivity index (χ1n) is 5.18. The molecule has 1 N–H and O–H groups in total. The lowest BCUT2D eigenvalue weighted by atomic mass is 10.3. The van der Waals surface area contributed by atoms with Crippen molar-refractivity contribution in [2.45, 2.75) is 24.3 Å². The third-order valence-corrected chi connectivity index (χ3v) is 4.07. The number of carboxylic acid groups (broad SMARTS) is 1. The Hall–Kier alpha value is -1.43. The number of aliphatic carboxylic acids is 1. The fraction of sp³-hybridized carbons (Fsp3) is 0.455. The van der Waals surface area contributed by atoms with Gasteiger partial charge in [-0.1, -0.05) is 13.0 Å². The molecule has 0 aromatic carbocycles. The minimum Gasteiger partial charge on any atom is -0.481 e. The maximum absolute atomic E-state index is 11.9. The van der Waals surface area contributed by atoms with Gasteiger partial charge < -0.3 is 9.84 Å². The van der Waals surface area contributed by atoms with E-state index in [1.54, 1.807) is 25.3 Å². The van der Waals surface area contributed by atoms with E-state index in [1.807, 2.05) is 0 Å². The van der Waals surface area contributed by atoms with Gasteiger partial charge in [0.05, 0.1) is 12.9 Å². The number of hydrogen-bond acceptors (Lipinski definition) is 4. The normalized spacial score (nSPS) is 14.0. The molecule has 0 saturated carbocycles. The smallest absolute Gasteiger partial charge is 0.319 e. The third kappa shape index (κ3) is 3.52. The second kappa shape index (κ2) is 6.34. The zero-order chi connectivity index (χ0) is 12.8. The molecule has 2 unspecified atom stereocenters. The molecule has 0 radical (unpaired) electrons. The summed E-state index contributed by atoms with van der Waals surface area (Å²) in [7, 11) is 0.00511. The Bertz CT molecular complexity index is 422. The van der Waals surface area contributed by atoms with Gasteiger partial charge in [0.2, 0.25) is 5.88 Å². The number of rotatable bonds is 6. The molecule has 0 amide bonds. The number of nitrogens with zero attached hydrogens (tertiary/aromatic N) is 1. The topological polar surface area (TPSA) is 76.5 Å². The predicted molar refractivity (Wildman–Crippen MR) is 64.4 cm³/mol. The number of methoxy groups -OCH3 is 1. The van der Waals surface area contributed by atoms with Crippen LogP contribution in [0, 0.1) is 0 Å². The summed E-state index contributed by atoms with van der Waals surface area (Å²) in [5.74, 6) is -0.503. The van der Waals surface area contributed by atoms with Gasteiger partial charge in [-0.15, -0.1) is 0 Å². The van der Waals surface area contributed by atoms with Crippen molar-refractivity contribution in [2.24, 2.45) is 0 Å². The highest BCUT2D eigenvalue weighted by Crippen LogP contribution is 2.18. The summed E-state index contributed by atoms with van der Waals surface area (Å²) >= 11 is 0. The molecule has 0 aliphatic carbocycles. The van der Waals surface area contributed by atoms with Crippen LogP contribution in [0.1, 0.15) is 18.9 Å². The Morgan fingerprint density at radius 1 is 1.65 bits per heavy atom. The number of pyridine rings is 1. The van der Waals surface area contributed by atoms with Crippen LogP contribution in [0.4, 0.5) is 0 Å². The van der Waals surface area contributed by atoms with E-state index < -0.39 is 22.0 Å². The summed E-state index contributed by atoms with van der Waals surface area (Å²) in [5.41, 5.74) is 0.660. The molecule has 0 aliphatic rings. The van der Waals surface area contributed by atoms with Gasteiger partial charge in [-0.3, -0.25) is 9.00 Å². The summed E-state index contributed by atoms with van der Waals surface area (Å²) < 4.78 is 16.9. The minimum absolute atomic E-state index is 0.141. The largest absolute Gasteiger partial charge is 0.481 e. The van der Waals surface area contributed by atoms with Gasteiger partial charge in [-0.05, 0) is 12.5 Å². The Balaban J connectivity index is 2.83. The van der Waals surface area contributed by atoms with Crippen molar-refractivity contribution in [1.82, 2.24) is 4.98 Å². The summed E-state index contributed by atoms with van der Waals surface area (Å²) in [6.45, 7) is 1.71. The molecule has 1 heterocycles. The van der Waals surface area contributed by atoms with Crippen LogP contribution in [0.3, 0.4) is 0 Å². The fourth-order valence-corrected chi connectivity index (χ4v) is 2.77. The molecule has 1 aromatic heterocycles. The molecule has 0 bridgehead atoms. The number of carboxylic acids is 1. The van der Waals surface area contributed by atoms with E-state index in [0.29, 0.717) is 17.9 Å². The van der Waals surface area contributed by atoms with E-state index in [9.17, 15) is 9.00 Å². The maximum atomic E-state index is 11.9. The van der Waals surface area contributed by atoms with Crippen LogP contribution >= 0.6 is 0 Å². The first-order chi connectivity index (χ1) is 8.10. The molecule has 0 fully saturated rings. The van der Waals surface area contributed by atoms with Crippen molar-refractivity contribution in [2.75, 3.05) is 7.11 Å². The van der Waals surface area contributed by atoms with E-state index in [1.165, 1.54) is 7.11 Å². The molecule has 5 nitrogen and oxygen atoms in total. The Kier molecular flexibility index (Phi) is 5.09. The van der Waals surface area contributed by atoms with Gasteiger partial charge in [-0.25, -0.2) is 4.98 Å². The van der Waals surface area contributed by atoms with E-state index in [4.69, 9.17) is 9.84 Å². The number of aromatic nitrogens is 1. The Morgan fingerprint density at radius 3 is 2.88 bits per heavy atom. The van der Waals surface area contributed by atoms with Crippen LogP contribution in [0.5, 0.6) is 5.88 Å². The molecule has 94 valence electrons. The van der Waals surface area contributed by atoms with E-state index in [0.717, 1.165) is 0 Å². The average molecular weight is 257 g/mol. The summed E-state index contributed by atoms with van der Waals surface area (Å²) in [4.78, 5) is 14.9. The number of carbonyl (C=O) groups is 1. The van der Waals surface area contributed by atoms with Gasteiger partial charge in [0, 0.05) is 22.6 Å². The quantitative estimate of drug-likeness (QED) is 0.828. The number of ether oxygens (including phenoxy) is 1. The highest BCUT2D eigenvalue weighted by atomic mass is 32.2. The van der Waals surface area contributed by atoms with E-state index in [-0.39, 0.29) is 5.75 Å². The average Bonchev–Trinajstić information content (AvgIpc) is 2.30. The van der Waals surface area contributed by atoms with E-state index in [2.05, 4.69) is 4.98 Å². The van der Waals surface area contributed by atoms with Crippen molar-refractivity contribution in [3.63, 3.8) is 0 Å². The molecule has 17 heavy (non-hydrogen) atoms. The number of hydrogen-bond donors (Lipinski definition) is 1. The lowest BCUT2D eigenvalue weighted by molar-refractivity contribution is -0.136. The van der Waals surface area contributed by atoms with Crippen LogP contribution in [0.2, 0.25) is 0 Å². The van der Waals surface area contributed by atoms with E-state index >= 15 is 0 Å². The van der Waals surface area contributed by atoms with Gasteiger partial charge in [-0.2, -0.15) is 0 Å². The van der Waals surface area contributed by atoms with Gasteiger partial charge >= 0.3 is 5.97 Å². The van der Waals surface area contributed by atoms with Crippen LogP contribution in [0.15, 0.2) is 18.3 Å². The van der Waals surface area contributed by atoms with Crippen molar-refractivity contribution in [1.29, 1.82) is 0 Å². The Morgan fingerprint density at radius 2 is 2.35 bits per heavy atom. The summed E-state index contributed by atoms with van der Waals surface area (Å²) in [5, 5.41) is 8.06. The lowest BCUT2D eigenvalue weighted by Gasteiger charge is -2.11. The molecular weight excluding hydrogens is 242 g/mol. The van der Waals surface area contributed by atoms with Crippen LogP contribution < -0.4 is 4.74 Å². The second-order valence-electron chi connectivity index (χ2n) is 3.43. The van der Waals surface area contributed by atoms with Gasteiger partial charge in [0.15, 0.2) is 0 Å². The van der Waals surface area contributed by atoms with Crippen LogP contribution in [-0.2, 0) is 21.3 Å². The summed E-state index contributed by atoms with van der Waals surface area (Å²) in [6.07, 6.45) is 1.91. The molecule has 0 saturated heterocycles. The lowest BCUT2D eigenvalue weighted by Crippen LogP contribution is -2.25. The highest BCUT2D eigenvalue weighted by Gasteiger charge is 2.23. The molecule has 1 rings (SSSR count). The van der Waals surface area contributed by atoms with Crippen LogP contribution in [-0.4, -0.2) is 32.6 Å². The molecular formula is C11H15NO4S. The maximum Gasteiger partial charge on any atom is 0.319 e. The first-order valence-corrected chi connectivity index (χ1v) is 6.56. The van der Waals surface area contributed by atoms with Crippen LogP contribution in [0.25, 0.3) is 0 Å². The molecule has 0 spiro atoms. The molecule has 6 heteroatoms. The molecule has 1 aromatic rings. The standard InChI is InChI=1S/C11H15NO4S/c1-3-9(11(13)14)17(15)7-8-5-4-6-12-10(8)16-2/h4-6,9H,3,7H2,1-2H3,(H,13,14). The van der Waals surface area contributed by atoms with Gasteiger partial charge in [0.1, 0.15) is 5.25 Å². The second-order valence-corrected chi connectivity index (χ2v) is 5.05. The first kappa shape index (κ1) is 13.6. The van der Waals surface area contributed by atoms with Crippen molar-refractivity contribution >= 4 is 16.8 Å².